The molecule has 57 heavy (non-hydrogen) atoms. The standard InChI is InChI=1S/C56H45N/c1-38-12-10-18-45(36-38)41-22-30-48(31-23-41)57(47-28-20-40(21-29-47)39-13-6-4-7-14-39)49-32-24-42(25-33-49)46-27-35-52-51(37-46)55-50(43-15-8-5-9-16-43)34-26-44-17-11-19-53(54(44)55)56(52,2)3/h4-35,37-38H,36H2,1-3H3. The summed E-state index contributed by atoms with van der Waals surface area (Å²) in [6.45, 7) is 7.05. The molecule has 0 amide bonds. The zero-order valence-corrected chi connectivity index (χ0v) is 32.8. The van der Waals surface area contributed by atoms with Crippen molar-refractivity contribution < 1.29 is 0 Å². The van der Waals surface area contributed by atoms with E-state index in [0.717, 1.165) is 23.5 Å². The summed E-state index contributed by atoms with van der Waals surface area (Å²) in [5, 5.41) is 2.66. The van der Waals surface area contributed by atoms with E-state index < -0.39 is 0 Å². The fraction of sp³-hybridized carbons (Fsp3) is 0.107. The Labute approximate surface area is 336 Å². The quantitative estimate of drug-likeness (QED) is 0.158. The molecule has 0 radical (unpaired) electrons. The van der Waals surface area contributed by atoms with E-state index in [-0.39, 0.29) is 5.41 Å². The molecule has 0 N–H and O–H groups in total. The van der Waals surface area contributed by atoms with Crippen LogP contribution in [-0.2, 0) is 5.41 Å². The zero-order valence-electron chi connectivity index (χ0n) is 32.8. The van der Waals surface area contributed by atoms with Crippen LogP contribution in [0.25, 0.3) is 60.9 Å². The van der Waals surface area contributed by atoms with Crippen molar-refractivity contribution in [2.45, 2.75) is 32.6 Å². The van der Waals surface area contributed by atoms with Crippen LogP contribution in [-0.4, -0.2) is 0 Å². The number of hydrogen-bond acceptors (Lipinski definition) is 1. The maximum Gasteiger partial charge on any atom is 0.0462 e. The van der Waals surface area contributed by atoms with Gasteiger partial charge in [-0.1, -0.05) is 179 Å². The summed E-state index contributed by atoms with van der Waals surface area (Å²) >= 11 is 0. The molecule has 0 heterocycles. The maximum absolute atomic E-state index is 2.44. The lowest BCUT2D eigenvalue weighted by atomic mass is 9.67. The summed E-state index contributed by atoms with van der Waals surface area (Å²) in [4.78, 5) is 2.37. The molecule has 8 aromatic rings. The van der Waals surface area contributed by atoms with Crippen molar-refractivity contribution in [3.63, 3.8) is 0 Å². The van der Waals surface area contributed by atoms with Crippen LogP contribution >= 0.6 is 0 Å². The Bertz CT molecular complexity index is 2810. The van der Waals surface area contributed by atoms with Crippen molar-refractivity contribution in [2.24, 2.45) is 5.92 Å². The molecule has 1 atom stereocenters. The third-order valence-electron chi connectivity index (χ3n) is 12.2. The third-order valence-corrected chi connectivity index (χ3v) is 12.2. The van der Waals surface area contributed by atoms with Crippen molar-refractivity contribution >= 4 is 33.4 Å². The lowest BCUT2D eigenvalue weighted by Crippen LogP contribution is -2.24. The molecule has 0 saturated heterocycles. The second kappa shape index (κ2) is 14.1. The fourth-order valence-electron chi connectivity index (χ4n) is 9.23. The number of rotatable bonds is 7. The molecular formula is C56H45N. The predicted octanol–water partition coefficient (Wildman–Crippen LogP) is 15.6. The van der Waals surface area contributed by atoms with E-state index in [0.29, 0.717) is 5.92 Å². The topological polar surface area (TPSA) is 3.24 Å². The van der Waals surface area contributed by atoms with Gasteiger partial charge in [-0.2, -0.15) is 0 Å². The Morgan fingerprint density at radius 2 is 1.04 bits per heavy atom. The number of hydrogen-bond donors (Lipinski definition) is 0. The molecule has 0 saturated carbocycles. The monoisotopic (exact) mass is 731 g/mol. The van der Waals surface area contributed by atoms with Gasteiger partial charge in [0, 0.05) is 22.5 Å². The molecule has 1 heteroatoms. The third kappa shape index (κ3) is 6.21. The number of benzene rings is 8. The van der Waals surface area contributed by atoms with Gasteiger partial charge >= 0.3 is 0 Å². The summed E-state index contributed by atoms with van der Waals surface area (Å²) in [6.07, 6.45) is 7.81. The van der Waals surface area contributed by atoms with Gasteiger partial charge in [-0.15, -0.1) is 0 Å². The molecule has 0 fully saturated rings. The minimum absolute atomic E-state index is 0.131. The van der Waals surface area contributed by atoms with Crippen molar-refractivity contribution in [1.82, 2.24) is 0 Å². The lowest BCUT2D eigenvalue weighted by molar-refractivity contribution is 0.645. The van der Waals surface area contributed by atoms with Gasteiger partial charge < -0.3 is 4.90 Å². The molecule has 2 aliphatic carbocycles. The average molecular weight is 732 g/mol. The lowest BCUT2D eigenvalue weighted by Gasteiger charge is -2.36. The highest BCUT2D eigenvalue weighted by molar-refractivity contribution is 6.09. The van der Waals surface area contributed by atoms with Crippen LogP contribution in [0, 0.1) is 5.92 Å². The Kier molecular flexibility index (Phi) is 8.60. The van der Waals surface area contributed by atoms with Gasteiger partial charge in [0.2, 0.25) is 0 Å². The molecule has 10 rings (SSSR count). The van der Waals surface area contributed by atoms with E-state index in [4.69, 9.17) is 0 Å². The minimum atomic E-state index is -0.131. The van der Waals surface area contributed by atoms with Crippen molar-refractivity contribution in [3.05, 3.63) is 217 Å². The van der Waals surface area contributed by atoms with Gasteiger partial charge in [0.15, 0.2) is 0 Å². The van der Waals surface area contributed by atoms with E-state index in [1.54, 1.807) is 0 Å². The molecular weight excluding hydrogens is 687 g/mol. The summed E-state index contributed by atoms with van der Waals surface area (Å²) in [6, 6.07) is 67.2. The smallest absolute Gasteiger partial charge is 0.0462 e. The number of allylic oxidation sites excluding steroid dienone is 4. The maximum atomic E-state index is 2.44. The first-order valence-electron chi connectivity index (χ1n) is 20.2. The van der Waals surface area contributed by atoms with E-state index >= 15 is 0 Å². The highest BCUT2D eigenvalue weighted by Crippen LogP contribution is 2.52. The van der Waals surface area contributed by atoms with Crippen LogP contribution in [0.4, 0.5) is 17.1 Å². The molecule has 0 aliphatic heterocycles. The Hall–Kier alpha value is -6.70. The molecule has 1 nitrogen and oxygen atoms in total. The van der Waals surface area contributed by atoms with Gasteiger partial charge in [0.25, 0.3) is 0 Å². The number of nitrogens with zero attached hydrogens (tertiary/aromatic N) is 1. The van der Waals surface area contributed by atoms with Crippen LogP contribution in [0.15, 0.2) is 200 Å². The molecule has 0 bridgehead atoms. The predicted molar refractivity (Wildman–Crippen MR) is 243 cm³/mol. The Morgan fingerprint density at radius 3 is 1.67 bits per heavy atom. The normalized spacial score (nSPS) is 15.2. The van der Waals surface area contributed by atoms with E-state index in [9.17, 15) is 0 Å². The number of anilines is 3. The zero-order chi connectivity index (χ0) is 38.5. The van der Waals surface area contributed by atoms with Crippen LogP contribution < -0.4 is 4.90 Å². The first-order chi connectivity index (χ1) is 27.9. The Morgan fingerprint density at radius 1 is 0.474 bits per heavy atom. The van der Waals surface area contributed by atoms with Crippen LogP contribution in [0.1, 0.15) is 43.9 Å². The molecule has 1 unspecified atom stereocenters. The second-order valence-corrected chi connectivity index (χ2v) is 16.2. The van der Waals surface area contributed by atoms with Gasteiger partial charge in [0.05, 0.1) is 0 Å². The minimum Gasteiger partial charge on any atom is -0.311 e. The molecule has 274 valence electrons. The summed E-state index contributed by atoms with van der Waals surface area (Å²) in [5.41, 5.74) is 18.7. The highest BCUT2D eigenvalue weighted by atomic mass is 15.1. The molecule has 0 aromatic heterocycles. The van der Waals surface area contributed by atoms with Gasteiger partial charge in [-0.25, -0.2) is 0 Å². The first kappa shape index (κ1) is 34.8. The van der Waals surface area contributed by atoms with Crippen LogP contribution in [0.5, 0.6) is 0 Å². The molecule has 0 spiro atoms. The Balaban J connectivity index is 1.06. The van der Waals surface area contributed by atoms with E-state index in [1.165, 1.54) is 77.5 Å². The van der Waals surface area contributed by atoms with Gasteiger partial charge in [-0.05, 0) is 132 Å². The average Bonchev–Trinajstić information content (AvgIpc) is 3.26. The number of fused-ring (bicyclic) bond motifs is 2. The molecule has 8 aromatic carbocycles. The van der Waals surface area contributed by atoms with Crippen LogP contribution in [0.3, 0.4) is 0 Å². The van der Waals surface area contributed by atoms with E-state index in [2.05, 4.69) is 226 Å². The summed E-state index contributed by atoms with van der Waals surface area (Å²) in [5.74, 6) is 0.555. The highest BCUT2D eigenvalue weighted by Gasteiger charge is 2.34. The van der Waals surface area contributed by atoms with Crippen molar-refractivity contribution in [3.8, 4) is 44.5 Å². The molecule has 2 aliphatic rings. The van der Waals surface area contributed by atoms with Crippen molar-refractivity contribution in [2.75, 3.05) is 4.90 Å². The summed E-state index contributed by atoms with van der Waals surface area (Å²) in [7, 11) is 0. The SMILES string of the molecule is CC1C=CC=C(c2ccc(N(c3ccc(-c4ccccc4)cc3)c3ccc(-c4ccc5c(c4)-c4c(-c6ccccc6)ccc6cccc(c46)C5(C)C)cc3)cc2)C1. The van der Waals surface area contributed by atoms with E-state index in [1.807, 2.05) is 0 Å². The van der Waals surface area contributed by atoms with Crippen molar-refractivity contribution in [1.29, 1.82) is 0 Å². The van der Waals surface area contributed by atoms with Crippen LogP contribution in [0.2, 0.25) is 0 Å². The van der Waals surface area contributed by atoms with Gasteiger partial charge in [-0.3, -0.25) is 0 Å². The second-order valence-electron chi connectivity index (χ2n) is 16.2. The fourth-order valence-corrected chi connectivity index (χ4v) is 9.23. The summed E-state index contributed by atoms with van der Waals surface area (Å²) < 4.78 is 0. The first-order valence-corrected chi connectivity index (χ1v) is 20.2. The largest absolute Gasteiger partial charge is 0.311 e. The van der Waals surface area contributed by atoms with Gasteiger partial charge in [0.1, 0.15) is 0 Å².